The average molecular weight is 403 g/mol. The zero-order valence-electron chi connectivity index (χ0n) is 14.4. The molecule has 2 heterocycles. The number of nitrogens with zero attached hydrogens (tertiary/aromatic N) is 1. The number of ketones is 1. The molecule has 3 aromatic rings. The number of carbonyl (C=O) groups is 2. The van der Waals surface area contributed by atoms with Crippen LogP contribution in [-0.2, 0) is 10.5 Å². The van der Waals surface area contributed by atoms with E-state index in [-0.39, 0.29) is 16.9 Å². The minimum atomic E-state index is -0.200. The number of thiazole rings is 1. The van der Waals surface area contributed by atoms with Crippen LogP contribution in [0, 0.1) is 0 Å². The second-order valence-corrected chi connectivity index (χ2v) is 8.83. The minimum Gasteiger partial charge on any atom is -0.325 e. The number of nitrogens with one attached hydrogen (secondary N) is 1. The highest BCUT2D eigenvalue weighted by molar-refractivity contribution is 7.99. The Bertz CT molecular complexity index is 886. The first-order valence-corrected chi connectivity index (χ1v) is 10.9. The number of aromatic nitrogens is 1. The molecular weight excluding hydrogens is 384 g/mol. The van der Waals surface area contributed by atoms with Crippen molar-refractivity contribution in [2.45, 2.75) is 24.9 Å². The summed E-state index contributed by atoms with van der Waals surface area (Å²) in [4.78, 5) is 29.4. The number of hydrogen-bond acceptors (Lipinski definition) is 6. The lowest BCUT2D eigenvalue weighted by Crippen LogP contribution is -2.22. The summed E-state index contributed by atoms with van der Waals surface area (Å²) in [6.07, 6.45) is 0. The van der Waals surface area contributed by atoms with Gasteiger partial charge >= 0.3 is 0 Å². The average Bonchev–Trinajstić information content (AvgIpc) is 3.31. The molecule has 1 N–H and O–H groups in total. The molecule has 0 spiro atoms. The highest BCUT2D eigenvalue weighted by Gasteiger charge is 2.15. The van der Waals surface area contributed by atoms with Gasteiger partial charge in [0.25, 0.3) is 0 Å². The van der Waals surface area contributed by atoms with E-state index in [4.69, 9.17) is 0 Å². The molecule has 1 atom stereocenters. The third-order valence-corrected chi connectivity index (χ3v) is 6.80. The van der Waals surface area contributed by atoms with Crippen LogP contribution in [0.15, 0.2) is 47.2 Å². The van der Waals surface area contributed by atoms with E-state index in [2.05, 4.69) is 16.4 Å². The molecule has 0 aliphatic carbocycles. The van der Waals surface area contributed by atoms with Gasteiger partial charge in [-0.15, -0.1) is 34.4 Å². The molecule has 1 unspecified atom stereocenters. The molecule has 3 rings (SSSR count). The van der Waals surface area contributed by atoms with Crippen LogP contribution in [0.4, 0.5) is 5.69 Å². The van der Waals surface area contributed by atoms with Gasteiger partial charge in [0.1, 0.15) is 5.01 Å². The van der Waals surface area contributed by atoms with Crippen molar-refractivity contribution < 1.29 is 9.59 Å². The second-order valence-electron chi connectivity index (χ2n) is 5.70. The zero-order chi connectivity index (χ0) is 18.5. The normalized spacial score (nSPS) is 11.9. The van der Waals surface area contributed by atoms with Crippen molar-refractivity contribution >= 4 is 51.8 Å². The Morgan fingerprint density at radius 1 is 1.19 bits per heavy atom. The van der Waals surface area contributed by atoms with Crippen LogP contribution in [0.2, 0.25) is 0 Å². The monoisotopic (exact) mass is 402 g/mol. The van der Waals surface area contributed by atoms with Gasteiger partial charge in [-0.1, -0.05) is 6.07 Å². The predicted molar refractivity (Wildman–Crippen MR) is 111 cm³/mol. The van der Waals surface area contributed by atoms with Crippen molar-refractivity contribution in [1.82, 2.24) is 4.98 Å². The number of benzene rings is 1. The fourth-order valence-electron chi connectivity index (χ4n) is 2.20. The smallest absolute Gasteiger partial charge is 0.237 e. The molecular formula is C19H18N2O2S3. The molecule has 0 radical (unpaired) electrons. The summed E-state index contributed by atoms with van der Waals surface area (Å²) in [5.41, 5.74) is 2.32. The molecule has 1 amide bonds. The summed E-state index contributed by atoms with van der Waals surface area (Å²) in [5.74, 6) is 0.649. The molecule has 134 valence electrons. The van der Waals surface area contributed by atoms with Crippen LogP contribution in [-0.4, -0.2) is 21.9 Å². The topological polar surface area (TPSA) is 59.1 Å². The zero-order valence-corrected chi connectivity index (χ0v) is 16.8. The van der Waals surface area contributed by atoms with Gasteiger partial charge in [-0.3, -0.25) is 9.59 Å². The lowest BCUT2D eigenvalue weighted by Gasteiger charge is -2.11. The van der Waals surface area contributed by atoms with Gasteiger partial charge in [0.2, 0.25) is 5.91 Å². The summed E-state index contributed by atoms with van der Waals surface area (Å²) in [6.45, 7) is 3.41. The molecule has 0 fully saturated rings. The maximum Gasteiger partial charge on any atom is 0.237 e. The quantitative estimate of drug-likeness (QED) is 0.542. The first kappa shape index (κ1) is 18.8. The number of thioether (sulfide) groups is 1. The van der Waals surface area contributed by atoms with E-state index in [9.17, 15) is 9.59 Å². The summed E-state index contributed by atoms with van der Waals surface area (Å²) in [7, 11) is 0. The van der Waals surface area contributed by atoms with E-state index in [1.54, 1.807) is 58.7 Å². The maximum atomic E-state index is 12.3. The molecule has 0 bridgehead atoms. The summed E-state index contributed by atoms with van der Waals surface area (Å²) < 4.78 is 0. The van der Waals surface area contributed by atoms with Crippen LogP contribution in [0.5, 0.6) is 0 Å². The van der Waals surface area contributed by atoms with Gasteiger partial charge in [-0.25, -0.2) is 4.98 Å². The van der Waals surface area contributed by atoms with E-state index in [1.807, 2.05) is 23.8 Å². The molecule has 4 nitrogen and oxygen atoms in total. The van der Waals surface area contributed by atoms with E-state index in [0.29, 0.717) is 17.0 Å². The lowest BCUT2D eigenvalue weighted by atomic mass is 10.1. The minimum absolute atomic E-state index is 0.0111. The van der Waals surface area contributed by atoms with Crippen LogP contribution < -0.4 is 5.32 Å². The predicted octanol–water partition coefficient (Wildman–Crippen LogP) is 5.33. The highest BCUT2D eigenvalue weighted by Crippen LogP contribution is 2.29. The number of Topliss-reactive ketones (excluding diaryl/α,β-unsaturated/α-hetero) is 1. The molecule has 26 heavy (non-hydrogen) atoms. The highest BCUT2D eigenvalue weighted by atomic mass is 32.2. The van der Waals surface area contributed by atoms with Crippen molar-refractivity contribution in [2.24, 2.45) is 0 Å². The molecule has 2 aromatic heterocycles. The molecule has 0 aliphatic rings. The number of hydrogen-bond donors (Lipinski definition) is 1. The molecule has 0 saturated carbocycles. The number of rotatable bonds is 7. The van der Waals surface area contributed by atoms with E-state index in [0.717, 1.165) is 10.7 Å². The number of carbonyl (C=O) groups excluding carboxylic acids is 2. The Labute approximate surface area is 164 Å². The van der Waals surface area contributed by atoms with Crippen molar-refractivity contribution in [1.29, 1.82) is 0 Å². The Kier molecular flexibility index (Phi) is 6.24. The van der Waals surface area contributed by atoms with Crippen molar-refractivity contribution in [3.8, 4) is 9.88 Å². The molecule has 7 heteroatoms. The summed E-state index contributed by atoms with van der Waals surface area (Å²) in [5, 5.41) is 7.80. The third kappa shape index (κ3) is 4.81. The van der Waals surface area contributed by atoms with Gasteiger partial charge in [-0.05, 0) is 49.6 Å². The summed E-state index contributed by atoms with van der Waals surface area (Å²) >= 11 is 4.87. The number of thiophene rings is 1. The first-order valence-electron chi connectivity index (χ1n) is 8.04. The van der Waals surface area contributed by atoms with Crippen LogP contribution in [0.1, 0.15) is 29.9 Å². The van der Waals surface area contributed by atoms with E-state index in [1.165, 1.54) is 11.8 Å². The van der Waals surface area contributed by atoms with Crippen molar-refractivity contribution in [2.75, 3.05) is 5.32 Å². The lowest BCUT2D eigenvalue weighted by molar-refractivity contribution is -0.115. The largest absolute Gasteiger partial charge is 0.325 e. The fourth-order valence-corrected chi connectivity index (χ4v) is 4.72. The fraction of sp³-hybridized carbons (Fsp3) is 0.211. The Morgan fingerprint density at radius 3 is 2.62 bits per heavy atom. The van der Waals surface area contributed by atoms with Gasteiger partial charge in [-0.2, -0.15) is 0 Å². The maximum absolute atomic E-state index is 12.3. The van der Waals surface area contributed by atoms with Gasteiger partial charge in [0.15, 0.2) is 5.78 Å². The standard InChI is InChI=1S/C19H18N2O2S3/c1-12(22)14-5-7-15(8-6-14)20-18(23)13(2)25-10-16-11-26-19(21-16)17-4-3-9-24-17/h3-9,11,13H,10H2,1-2H3,(H,20,23). The third-order valence-electron chi connectivity index (χ3n) is 3.69. The SMILES string of the molecule is CC(=O)c1ccc(NC(=O)C(C)SCc2csc(-c3cccs3)n2)cc1. The molecule has 0 aliphatic heterocycles. The Morgan fingerprint density at radius 2 is 1.96 bits per heavy atom. The van der Waals surface area contributed by atoms with Gasteiger partial charge < -0.3 is 5.32 Å². The van der Waals surface area contributed by atoms with Gasteiger partial charge in [0.05, 0.1) is 15.8 Å². The van der Waals surface area contributed by atoms with E-state index >= 15 is 0 Å². The molecule has 1 aromatic carbocycles. The van der Waals surface area contributed by atoms with Crippen molar-refractivity contribution in [3.63, 3.8) is 0 Å². The second kappa shape index (κ2) is 8.62. The van der Waals surface area contributed by atoms with E-state index < -0.39 is 0 Å². The number of anilines is 1. The van der Waals surface area contributed by atoms with Crippen molar-refractivity contribution in [3.05, 3.63) is 58.4 Å². The van der Waals surface area contributed by atoms with Crippen LogP contribution >= 0.6 is 34.4 Å². The first-order chi connectivity index (χ1) is 12.5. The van der Waals surface area contributed by atoms with Gasteiger partial charge in [0, 0.05) is 22.4 Å². The Hall–Kier alpha value is -1.96. The summed E-state index contributed by atoms with van der Waals surface area (Å²) in [6, 6.07) is 11.0. The van der Waals surface area contributed by atoms with Crippen LogP contribution in [0.3, 0.4) is 0 Å². The number of amides is 1. The van der Waals surface area contributed by atoms with Crippen LogP contribution in [0.25, 0.3) is 9.88 Å². The molecule has 0 saturated heterocycles. The Balaban J connectivity index is 1.52.